The number of hydrogen-bond acceptors (Lipinski definition) is 2. The smallest absolute Gasteiger partial charge is 0.325 e. The average Bonchev–Trinajstić information content (AvgIpc) is 2.66. The zero-order chi connectivity index (χ0) is 11.3. The third-order valence-corrected chi connectivity index (χ3v) is 2.25. The number of amides is 1. The number of carbonyl (C=O) groups excluding carboxylic acids is 1. The minimum atomic E-state index is -1.03. The fraction of sp³-hybridized carbons (Fsp3) is 0.455. The molecule has 4 heteroatoms. The van der Waals surface area contributed by atoms with E-state index in [-0.39, 0.29) is 5.91 Å². The molecule has 0 aliphatic heterocycles. The first-order chi connectivity index (χ1) is 7.09. The fourth-order valence-electron chi connectivity index (χ4n) is 1.35. The molecule has 0 bridgehead atoms. The Bertz CT molecular complexity index is 318. The SMILES string of the molecule is CC(NC(=O)/C=C/C1=CCCC1)C(=O)O. The normalized spacial score (nSPS) is 17.5. The maximum Gasteiger partial charge on any atom is 0.325 e. The Balaban J connectivity index is 2.38. The van der Waals surface area contributed by atoms with Crippen LogP contribution < -0.4 is 5.32 Å². The van der Waals surface area contributed by atoms with Crippen molar-refractivity contribution in [2.24, 2.45) is 0 Å². The van der Waals surface area contributed by atoms with Crippen LogP contribution in [0, 0.1) is 0 Å². The molecule has 1 rings (SSSR count). The first-order valence-corrected chi connectivity index (χ1v) is 5.00. The second-order valence-electron chi connectivity index (χ2n) is 3.57. The van der Waals surface area contributed by atoms with E-state index in [9.17, 15) is 9.59 Å². The van der Waals surface area contributed by atoms with Crippen LogP contribution in [0.25, 0.3) is 0 Å². The summed E-state index contributed by atoms with van der Waals surface area (Å²) in [7, 11) is 0. The van der Waals surface area contributed by atoms with Crippen LogP contribution in [0.5, 0.6) is 0 Å². The van der Waals surface area contributed by atoms with Gasteiger partial charge in [-0.05, 0) is 26.2 Å². The number of carboxylic acid groups (broad SMARTS) is 1. The standard InChI is InChI=1S/C11H15NO3/c1-8(11(14)15)12-10(13)7-6-9-4-2-3-5-9/h4,6-8H,2-3,5H2,1H3,(H,12,13)(H,14,15)/b7-6+. The quantitative estimate of drug-likeness (QED) is 0.684. The summed E-state index contributed by atoms with van der Waals surface area (Å²) in [5.74, 6) is -1.39. The Morgan fingerprint density at radius 2 is 2.33 bits per heavy atom. The predicted molar refractivity (Wildman–Crippen MR) is 56.3 cm³/mol. The zero-order valence-electron chi connectivity index (χ0n) is 8.69. The van der Waals surface area contributed by atoms with Crippen molar-refractivity contribution in [3.05, 3.63) is 23.8 Å². The molecular weight excluding hydrogens is 194 g/mol. The van der Waals surface area contributed by atoms with Crippen LogP contribution in [-0.2, 0) is 9.59 Å². The van der Waals surface area contributed by atoms with Crippen molar-refractivity contribution in [1.29, 1.82) is 0 Å². The number of carboxylic acids is 1. The van der Waals surface area contributed by atoms with Gasteiger partial charge < -0.3 is 10.4 Å². The molecule has 4 nitrogen and oxygen atoms in total. The van der Waals surface area contributed by atoms with Crippen LogP contribution in [0.4, 0.5) is 0 Å². The minimum Gasteiger partial charge on any atom is -0.480 e. The van der Waals surface area contributed by atoms with Gasteiger partial charge in [-0.2, -0.15) is 0 Å². The summed E-state index contributed by atoms with van der Waals surface area (Å²) in [6.07, 6.45) is 8.41. The summed E-state index contributed by atoms with van der Waals surface area (Å²) >= 11 is 0. The summed E-state index contributed by atoms with van der Waals surface area (Å²) in [4.78, 5) is 21.7. The van der Waals surface area contributed by atoms with Crippen LogP contribution in [0.1, 0.15) is 26.2 Å². The van der Waals surface area contributed by atoms with Crippen molar-refractivity contribution in [2.75, 3.05) is 0 Å². The third-order valence-electron chi connectivity index (χ3n) is 2.25. The Hall–Kier alpha value is -1.58. The first kappa shape index (κ1) is 11.5. The van der Waals surface area contributed by atoms with E-state index in [1.165, 1.54) is 13.0 Å². The second-order valence-corrected chi connectivity index (χ2v) is 3.57. The molecular formula is C11H15NO3. The van der Waals surface area contributed by atoms with E-state index in [1.54, 1.807) is 6.08 Å². The highest BCUT2D eigenvalue weighted by Gasteiger charge is 2.11. The van der Waals surface area contributed by atoms with Crippen LogP contribution in [0.15, 0.2) is 23.8 Å². The molecule has 0 aromatic heterocycles. The lowest BCUT2D eigenvalue weighted by Gasteiger charge is -2.05. The van der Waals surface area contributed by atoms with Gasteiger partial charge in [-0.3, -0.25) is 9.59 Å². The molecule has 0 saturated carbocycles. The number of nitrogens with one attached hydrogen (secondary N) is 1. The van der Waals surface area contributed by atoms with Gasteiger partial charge in [0.05, 0.1) is 0 Å². The van der Waals surface area contributed by atoms with Crippen molar-refractivity contribution in [2.45, 2.75) is 32.2 Å². The number of aliphatic carboxylic acids is 1. The van der Waals surface area contributed by atoms with Gasteiger partial charge in [0, 0.05) is 6.08 Å². The van der Waals surface area contributed by atoms with Crippen molar-refractivity contribution in [3.8, 4) is 0 Å². The highest BCUT2D eigenvalue weighted by atomic mass is 16.4. The Labute approximate surface area is 88.7 Å². The lowest BCUT2D eigenvalue weighted by Crippen LogP contribution is -2.37. The van der Waals surface area contributed by atoms with Crippen LogP contribution in [-0.4, -0.2) is 23.0 Å². The number of hydrogen-bond donors (Lipinski definition) is 2. The van der Waals surface area contributed by atoms with Crippen LogP contribution in [0.3, 0.4) is 0 Å². The third kappa shape index (κ3) is 3.97. The monoisotopic (exact) mass is 209 g/mol. The fourth-order valence-corrected chi connectivity index (χ4v) is 1.35. The van der Waals surface area contributed by atoms with Crippen molar-refractivity contribution in [3.63, 3.8) is 0 Å². The molecule has 1 aliphatic carbocycles. The van der Waals surface area contributed by atoms with E-state index in [4.69, 9.17) is 5.11 Å². The molecule has 2 N–H and O–H groups in total. The van der Waals surface area contributed by atoms with E-state index in [0.29, 0.717) is 0 Å². The molecule has 15 heavy (non-hydrogen) atoms. The molecule has 1 amide bonds. The van der Waals surface area contributed by atoms with E-state index >= 15 is 0 Å². The molecule has 0 heterocycles. The molecule has 1 aliphatic rings. The average molecular weight is 209 g/mol. The lowest BCUT2D eigenvalue weighted by molar-refractivity contribution is -0.140. The molecule has 0 aromatic carbocycles. The summed E-state index contributed by atoms with van der Waals surface area (Å²) < 4.78 is 0. The highest BCUT2D eigenvalue weighted by molar-refractivity contribution is 5.91. The van der Waals surface area contributed by atoms with Gasteiger partial charge in [0.25, 0.3) is 0 Å². The van der Waals surface area contributed by atoms with Gasteiger partial charge in [-0.1, -0.05) is 17.7 Å². The Kier molecular flexibility index (Phi) is 4.09. The van der Waals surface area contributed by atoms with Crippen molar-refractivity contribution in [1.82, 2.24) is 5.32 Å². The molecule has 1 unspecified atom stereocenters. The van der Waals surface area contributed by atoms with Gasteiger partial charge in [-0.25, -0.2) is 0 Å². The topological polar surface area (TPSA) is 66.4 Å². The molecule has 0 radical (unpaired) electrons. The summed E-state index contributed by atoms with van der Waals surface area (Å²) in [6.45, 7) is 1.43. The molecule has 1 atom stereocenters. The Morgan fingerprint density at radius 3 is 2.87 bits per heavy atom. The van der Waals surface area contributed by atoms with E-state index in [0.717, 1.165) is 24.8 Å². The first-order valence-electron chi connectivity index (χ1n) is 5.00. The van der Waals surface area contributed by atoms with Gasteiger partial charge in [0.2, 0.25) is 5.91 Å². The van der Waals surface area contributed by atoms with Gasteiger partial charge in [-0.15, -0.1) is 0 Å². The van der Waals surface area contributed by atoms with E-state index in [1.807, 2.05) is 0 Å². The van der Waals surface area contributed by atoms with Crippen LogP contribution >= 0.6 is 0 Å². The van der Waals surface area contributed by atoms with Gasteiger partial charge in [0.1, 0.15) is 6.04 Å². The maximum atomic E-state index is 11.2. The molecule has 0 aromatic rings. The van der Waals surface area contributed by atoms with E-state index < -0.39 is 12.0 Å². The van der Waals surface area contributed by atoms with Crippen LogP contribution in [0.2, 0.25) is 0 Å². The highest BCUT2D eigenvalue weighted by Crippen LogP contribution is 2.17. The molecule has 82 valence electrons. The Morgan fingerprint density at radius 1 is 1.60 bits per heavy atom. The van der Waals surface area contributed by atoms with Gasteiger partial charge in [0.15, 0.2) is 0 Å². The lowest BCUT2D eigenvalue weighted by atomic mass is 10.2. The molecule has 0 spiro atoms. The number of carbonyl (C=O) groups is 2. The van der Waals surface area contributed by atoms with Gasteiger partial charge >= 0.3 is 5.97 Å². The predicted octanol–water partition coefficient (Wildman–Crippen LogP) is 1.24. The van der Waals surface area contributed by atoms with Crippen molar-refractivity contribution < 1.29 is 14.7 Å². The van der Waals surface area contributed by atoms with E-state index in [2.05, 4.69) is 11.4 Å². The summed E-state index contributed by atoms with van der Waals surface area (Å²) in [6, 6.07) is -0.847. The summed E-state index contributed by atoms with van der Waals surface area (Å²) in [5.41, 5.74) is 1.15. The second kappa shape index (κ2) is 5.34. The number of allylic oxidation sites excluding steroid dienone is 3. The largest absolute Gasteiger partial charge is 0.480 e. The molecule has 0 saturated heterocycles. The minimum absolute atomic E-state index is 0.363. The maximum absolute atomic E-state index is 11.2. The molecule has 0 fully saturated rings. The summed E-state index contributed by atoms with van der Waals surface area (Å²) in [5, 5.41) is 10.9. The zero-order valence-corrected chi connectivity index (χ0v) is 8.69. The number of rotatable bonds is 4. The van der Waals surface area contributed by atoms with Crippen molar-refractivity contribution >= 4 is 11.9 Å².